The Kier molecular flexibility index (Phi) is 5.04. The van der Waals surface area contributed by atoms with Gasteiger partial charge in [-0.1, -0.05) is 29.8 Å². The van der Waals surface area contributed by atoms with Gasteiger partial charge >= 0.3 is 0 Å². The van der Waals surface area contributed by atoms with Gasteiger partial charge in [0.1, 0.15) is 12.3 Å². The molecule has 7 heteroatoms. The van der Waals surface area contributed by atoms with Gasteiger partial charge in [-0.3, -0.25) is 9.63 Å². The first-order valence-electron chi connectivity index (χ1n) is 5.27. The minimum atomic E-state index is -0.363. The number of hydrogen-bond acceptors (Lipinski definition) is 2. The van der Waals surface area contributed by atoms with Gasteiger partial charge in [0.05, 0.1) is 9.08 Å². The Balaban J connectivity index is 1.89. The molecule has 0 radical (unpaired) electrons. The van der Waals surface area contributed by atoms with E-state index in [1.807, 2.05) is 18.2 Å². The predicted molar refractivity (Wildman–Crippen MR) is 79.9 cm³/mol. The standard InChI is InChI=1S/C12H9Br2ClN2O2/c13-8-5-10(16-11(8)14)12(18)17-19-6-7-3-1-2-4-9(7)15/h1-5,16H,6H2,(H,17,18). The van der Waals surface area contributed by atoms with Crippen LogP contribution in [0.3, 0.4) is 0 Å². The summed E-state index contributed by atoms with van der Waals surface area (Å²) in [5, 5.41) is 0.599. The number of rotatable bonds is 4. The summed E-state index contributed by atoms with van der Waals surface area (Å²) in [4.78, 5) is 19.7. The number of hydrogen-bond donors (Lipinski definition) is 2. The van der Waals surface area contributed by atoms with Crippen molar-refractivity contribution in [1.82, 2.24) is 10.5 Å². The number of aromatic amines is 1. The van der Waals surface area contributed by atoms with Crippen molar-refractivity contribution >= 4 is 49.4 Å². The summed E-state index contributed by atoms with van der Waals surface area (Å²) in [6, 6.07) is 8.93. The number of benzene rings is 1. The molecule has 2 rings (SSSR count). The molecule has 1 aromatic carbocycles. The van der Waals surface area contributed by atoms with Gasteiger partial charge < -0.3 is 4.98 Å². The van der Waals surface area contributed by atoms with Gasteiger partial charge in [-0.25, -0.2) is 5.48 Å². The molecule has 1 amide bonds. The van der Waals surface area contributed by atoms with Crippen LogP contribution in [-0.4, -0.2) is 10.9 Å². The van der Waals surface area contributed by atoms with Crippen LogP contribution < -0.4 is 5.48 Å². The van der Waals surface area contributed by atoms with Gasteiger partial charge in [-0.2, -0.15) is 0 Å². The number of aromatic nitrogens is 1. The maximum Gasteiger partial charge on any atom is 0.291 e. The number of carbonyl (C=O) groups excluding carboxylic acids is 1. The summed E-state index contributed by atoms with van der Waals surface area (Å²) in [7, 11) is 0. The fraction of sp³-hybridized carbons (Fsp3) is 0.0833. The summed E-state index contributed by atoms with van der Waals surface area (Å²) in [6.07, 6.45) is 0. The topological polar surface area (TPSA) is 54.1 Å². The van der Waals surface area contributed by atoms with E-state index in [4.69, 9.17) is 16.4 Å². The van der Waals surface area contributed by atoms with Gasteiger partial charge in [0, 0.05) is 5.02 Å². The van der Waals surface area contributed by atoms with E-state index in [1.165, 1.54) is 0 Å². The highest BCUT2D eigenvalue weighted by molar-refractivity contribution is 9.13. The highest BCUT2D eigenvalue weighted by Crippen LogP contribution is 2.23. The third kappa shape index (κ3) is 3.82. The van der Waals surface area contributed by atoms with Gasteiger partial charge in [0.2, 0.25) is 0 Å². The Labute approximate surface area is 131 Å². The quantitative estimate of drug-likeness (QED) is 0.750. The predicted octanol–water partition coefficient (Wildman–Crippen LogP) is 4.05. The molecule has 2 N–H and O–H groups in total. The Morgan fingerprint density at radius 3 is 2.74 bits per heavy atom. The second kappa shape index (κ2) is 6.56. The van der Waals surface area contributed by atoms with Crippen molar-refractivity contribution in [3.8, 4) is 0 Å². The molecule has 0 saturated heterocycles. The largest absolute Gasteiger partial charge is 0.344 e. The van der Waals surface area contributed by atoms with Gasteiger partial charge in [-0.15, -0.1) is 0 Å². The first-order chi connectivity index (χ1) is 9.08. The van der Waals surface area contributed by atoms with Crippen molar-refractivity contribution in [2.24, 2.45) is 0 Å². The van der Waals surface area contributed by atoms with Crippen molar-refractivity contribution in [1.29, 1.82) is 0 Å². The Hall–Kier alpha value is -0.820. The van der Waals surface area contributed by atoms with E-state index in [9.17, 15) is 4.79 Å². The summed E-state index contributed by atoms with van der Waals surface area (Å²) in [5.74, 6) is -0.363. The zero-order chi connectivity index (χ0) is 13.8. The van der Waals surface area contributed by atoms with E-state index in [2.05, 4.69) is 42.3 Å². The van der Waals surface area contributed by atoms with Crippen LogP contribution in [0.15, 0.2) is 39.4 Å². The molecule has 0 bridgehead atoms. The van der Waals surface area contributed by atoms with Crippen molar-refractivity contribution in [3.63, 3.8) is 0 Å². The fourth-order valence-corrected chi connectivity index (χ4v) is 2.22. The second-order valence-corrected chi connectivity index (χ2v) is 5.71. The molecule has 0 fully saturated rings. The van der Waals surface area contributed by atoms with E-state index in [-0.39, 0.29) is 12.5 Å². The summed E-state index contributed by atoms with van der Waals surface area (Å²) in [5.41, 5.74) is 3.54. The summed E-state index contributed by atoms with van der Waals surface area (Å²) < 4.78 is 1.47. The summed E-state index contributed by atoms with van der Waals surface area (Å²) >= 11 is 12.5. The average molecular weight is 408 g/mol. The van der Waals surface area contributed by atoms with Crippen molar-refractivity contribution in [3.05, 3.63) is 55.7 Å². The maximum absolute atomic E-state index is 11.7. The van der Waals surface area contributed by atoms with Gasteiger partial charge in [0.25, 0.3) is 5.91 Å². The van der Waals surface area contributed by atoms with E-state index >= 15 is 0 Å². The lowest BCUT2D eigenvalue weighted by atomic mass is 10.2. The molecule has 0 saturated carbocycles. The Bertz CT molecular complexity index is 582. The van der Waals surface area contributed by atoms with Crippen LogP contribution in [0.2, 0.25) is 5.02 Å². The first kappa shape index (κ1) is 14.6. The van der Waals surface area contributed by atoms with E-state index in [0.29, 0.717) is 15.3 Å². The van der Waals surface area contributed by atoms with Crippen LogP contribution in [0.4, 0.5) is 0 Å². The SMILES string of the molecule is O=C(NOCc1ccccc1Cl)c1cc(Br)c(Br)[nH]1. The molecule has 0 aliphatic heterocycles. The van der Waals surface area contributed by atoms with E-state index in [0.717, 1.165) is 10.0 Å². The molecule has 0 atom stereocenters. The zero-order valence-electron chi connectivity index (χ0n) is 9.54. The van der Waals surface area contributed by atoms with Crippen LogP contribution in [0.5, 0.6) is 0 Å². The molecule has 0 aliphatic rings. The van der Waals surface area contributed by atoms with Crippen LogP contribution in [0, 0.1) is 0 Å². The highest BCUT2D eigenvalue weighted by atomic mass is 79.9. The molecule has 0 spiro atoms. The number of H-pyrrole nitrogens is 1. The van der Waals surface area contributed by atoms with Crippen LogP contribution in [0.1, 0.15) is 16.1 Å². The Morgan fingerprint density at radius 1 is 1.37 bits per heavy atom. The molecular formula is C12H9Br2ClN2O2. The van der Waals surface area contributed by atoms with Gasteiger partial charge in [-0.05, 0) is 49.6 Å². The third-order valence-electron chi connectivity index (χ3n) is 2.32. The lowest BCUT2D eigenvalue weighted by Gasteiger charge is -2.06. The number of nitrogens with one attached hydrogen (secondary N) is 2. The zero-order valence-corrected chi connectivity index (χ0v) is 13.5. The normalized spacial score (nSPS) is 10.5. The molecule has 19 heavy (non-hydrogen) atoms. The minimum absolute atomic E-state index is 0.203. The summed E-state index contributed by atoms with van der Waals surface area (Å²) in [6.45, 7) is 0.203. The average Bonchev–Trinajstić information content (AvgIpc) is 2.72. The fourth-order valence-electron chi connectivity index (χ4n) is 1.38. The smallest absolute Gasteiger partial charge is 0.291 e. The number of amides is 1. The molecule has 1 heterocycles. The molecule has 0 unspecified atom stereocenters. The number of carbonyl (C=O) groups is 1. The molecule has 0 aliphatic carbocycles. The van der Waals surface area contributed by atoms with Crippen molar-refractivity contribution in [2.45, 2.75) is 6.61 Å². The maximum atomic E-state index is 11.7. The lowest BCUT2D eigenvalue weighted by molar-refractivity contribution is 0.0230. The molecule has 1 aromatic heterocycles. The van der Waals surface area contributed by atoms with Crippen molar-refractivity contribution < 1.29 is 9.63 Å². The molecule has 100 valence electrons. The molecule has 4 nitrogen and oxygen atoms in total. The lowest BCUT2D eigenvalue weighted by Crippen LogP contribution is -2.23. The highest BCUT2D eigenvalue weighted by Gasteiger charge is 2.11. The van der Waals surface area contributed by atoms with Gasteiger partial charge in [0.15, 0.2) is 0 Å². The Morgan fingerprint density at radius 2 is 2.11 bits per heavy atom. The van der Waals surface area contributed by atoms with Crippen molar-refractivity contribution in [2.75, 3.05) is 0 Å². The molecule has 2 aromatic rings. The third-order valence-corrected chi connectivity index (χ3v) is 4.47. The van der Waals surface area contributed by atoms with E-state index < -0.39 is 0 Å². The number of halogens is 3. The second-order valence-electron chi connectivity index (χ2n) is 3.66. The van der Waals surface area contributed by atoms with Crippen LogP contribution >= 0.6 is 43.5 Å². The van der Waals surface area contributed by atoms with E-state index in [1.54, 1.807) is 12.1 Å². The van der Waals surface area contributed by atoms with Crippen LogP contribution in [0.25, 0.3) is 0 Å². The molecular weight excluding hydrogens is 399 g/mol. The number of hydroxylamine groups is 1. The first-order valence-corrected chi connectivity index (χ1v) is 7.24. The van der Waals surface area contributed by atoms with Crippen LogP contribution in [-0.2, 0) is 11.4 Å². The minimum Gasteiger partial charge on any atom is -0.344 e. The monoisotopic (exact) mass is 406 g/mol.